The van der Waals surface area contributed by atoms with E-state index < -0.39 is 0 Å². The van der Waals surface area contributed by atoms with Gasteiger partial charge in [0.25, 0.3) is 0 Å². The quantitative estimate of drug-likeness (QED) is 0.371. The summed E-state index contributed by atoms with van der Waals surface area (Å²) in [7, 11) is 0. The number of nitrogens with one attached hydrogen (secondary N) is 2. The Morgan fingerprint density at radius 2 is 2.09 bits per heavy atom. The maximum absolute atomic E-state index is 7.05. The van der Waals surface area contributed by atoms with Crippen LogP contribution in [0, 0.1) is 5.41 Å². The highest BCUT2D eigenvalue weighted by atomic mass is 15.2. The summed E-state index contributed by atoms with van der Waals surface area (Å²) in [5.41, 5.74) is 5.25. The van der Waals surface area contributed by atoms with E-state index in [9.17, 15) is 0 Å². The summed E-state index contributed by atoms with van der Waals surface area (Å²) in [5.74, 6) is 0.295. The molecule has 1 saturated heterocycles. The second-order valence-electron chi connectivity index (χ2n) is 2.87. The molecule has 1 heterocycles. The number of hydrogen-bond donors (Lipinski definition) is 3. The lowest BCUT2D eigenvalue weighted by atomic mass is 10.3. The second-order valence-corrected chi connectivity index (χ2v) is 2.87. The first-order chi connectivity index (χ1) is 5.29. The molecule has 0 radical (unpaired) electrons. The van der Waals surface area contributed by atoms with Crippen LogP contribution >= 0.6 is 0 Å². The minimum Gasteiger partial charge on any atom is -0.388 e. The second kappa shape index (κ2) is 4.31. The minimum absolute atomic E-state index is 0.295. The lowest BCUT2D eigenvalue weighted by Gasteiger charge is -2.26. The molecule has 4 N–H and O–H groups in total. The van der Waals surface area contributed by atoms with E-state index in [1.165, 1.54) is 0 Å². The van der Waals surface area contributed by atoms with Gasteiger partial charge < -0.3 is 16.0 Å². The Hall–Kier alpha value is -0.610. The van der Waals surface area contributed by atoms with Gasteiger partial charge in [0.1, 0.15) is 0 Å². The molecule has 64 valence electrons. The van der Waals surface area contributed by atoms with Gasteiger partial charge in [-0.3, -0.25) is 5.41 Å². The van der Waals surface area contributed by atoms with Crippen LogP contribution in [-0.4, -0.2) is 43.5 Å². The SMILES string of the molecule is N=C(N)CCN1CCNCC1. The van der Waals surface area contributed by atoms with Crippen molar-refractivity contribution < 1.29 is 0 Å². The summed E-state index contributed by atoms with van der Waals surface area (Å²) in [6, 6.07) is 0. The van der Waals surface area contributed by atoms with E-state index in [1.54, 1.807) is 0 Å². The van der Waals surface area contributed by atoms with Crippen LogP contribution < -0.4 is 11.1 Å². The molecule has 1 fully saturated rings. The highest BCUT2D eigenvalue weighted by Gasteiger charge is 2.08. The van der Waals surface area contributed by atoms with E-state index in [0.717, 1.165) is 32.7 Å². The third kappa shape index (κ3) is 3.34. The van der Waals surface area contributed by atoms with Gasteiger partial charge in [-0.15, -0.1) is 0 Å². The first-order valence-electron chi connectivity index (χ1n) is 4.05. The van der Waals surface area contributed by atoms with Gasteiger partial charge in [0.2, 0.25) is 0 Å². The van der Waals surface area contributed by atoms with E-state index in [1.807, 2.05) is 0 Å². The van der Waals surface area contributed by atoms with Crippen LogP contribution in [0.25, 0.3) is 0 Å². The predicted octanol–water partition coefficient (Wildman–Crippen LogP) is -0.782. The van der Waals surface area contributed by atoms with Crippen LogP contribution in [0.1, 0.15) is 6.42 Å². The Morgan fingerprint density at radius 1 is 1.45 bits per heavy atom. The Bertz CT molecular complexity index is 128. The molecule has 0 aromatic rings. The van der Waals surface area contributed by atoms with Gasteiger partial charge in [0.05, 0.1) is 5.84 Å². The molecule has 0 atom stereocenters. The van der Waals surface area contributed by atoms with Gasteiger partial charge in [-0.05, 0) is 0 Å². The Kier molecular flexibility index (Phi) is 3.32. The maximum atomic E-state index is 7.05. The van der Waals surface area contributed by atoms with E-state index in [4.69, 9.17) is 11.1 Å². The molecule has 1 rings (SSSR count). The third-order valence-electron chi connectivity index (χ3n) is 1.91. The molecule has 0 bridgehead atoms. The summed E-state index contributed by atoms with van der Waals surface area (Å²) in [5, 5.41) is 10.3. The van der Waals surface area contributed by atoms with Crippen molar-refractivity contribution >= 4 is 5.84 Å². The monoisotopic (exact) mass is 156 g/mol. The average molecular weight is 156 g/mol. The number of nitrogens with two attached hydrogens (primary N) is 1. The molecule has 1 aliphatic rings. The fourth-order valence-corrected chi connectivity index (χ4v) is 1.21. The largest absolute Gasteiger partial charge is 0.388 e. The lowest BCUT2D eigenvalue weighted by molar-refractivity contribution is 0.247. The van der Waals surface area contributed by atoms with Crippen LogP contribution in [0.4, 0.5) is 0 Å². The van der Waals surface area contributed by atoms with Crippen LogP contribution in [0.5, 0.6) is 0 Å². The van der Waals surface area contributed by atoms with Crippen molar-refractivity contribution in [1.29, 1.82) is 5.41 Å². The molecule has 0 aliphatic carbocycles. The standard InChI is InChI=1S/C7H16N4/c8-7(9)1-4-11-5-2-10-3-6-11/h10H,1-6H2,(H3,8,9). The van der Waals surface area contributed by atoms with Crippen LogP contribution in [-0.2, 0) is 0 Å². The van der Waals surface area contributed by atoms with Crippen molar-refractivity contribution in [2.45, 2.75) is 6.42 Å². The van der Waals surface area contributed by atoms with Crippen molar-refractivity contribution in [1.82, 2.24) is 10.2 Å². The average Bonchev–Trinajstić information content (AvgIpc) is 2.03. The Morgan fingerprint density at radius 3 is 2.64 bits per heavy atom. The van der Waals surface area contributed by atoms with Gasteiger partial charge in [0, 0.05) is 39.1 Å². The maximum Gasteiger partial charge on any atom is 0.0918 e. The zero-order chi connectivity index (χ0) is 8.10. The number of hydrogen-bond acceptors (Lipinski definition) is 3. The summed E-state index contributed by atoms with van der Waals surface area (Å²) in [6.45, 7) is 5.26. The topological polar surface area (TPSA) is 65.1 Å². The number of rotatable bonds is 3. The van der Waals surface area contributed by atoms with Crippen molar-refractivity contribution in [3.63, 3.8) is 0 Å². The number of nitrogens with zero attached hydrogens (tertiary/aromatic N) is 1. The van der Waals surface area contributed by atoms with Crippen molar-refractivity contribution in [2.75, 3.05) is 32.7 Å². The molecule has 0 aromatic carbocycles. The predicted molar refractivity (Wildman–Crippen MR) is 45.8 cm³/mol. The smallest absolute Gasteiger partial charge is 0.0918 e. The first kappa shape index (κ1) is 8.49. The zero-order valence-electron chi connectivity index (χ0n) is 6.77. The summed E-state index contributed by atoms with van der Waals surface area (Å²) >= 11 is 0. The molecule has 0 spiro atoms. The van der Waals surface area contributed by atoms with Crippen molar-refractivity contribution in [3.8, 4) is 0 Å². The molecular weight excluding hydrogens is 140 g/mol. The fourth-order valence-electron chi connectivity index (χ4n) is 1.21. The van der Waals surface area contributed by atoms with Crippen LogP contribution in [0.3, 0.4) is 0 Å². The molecule has 4 heteroatoms. The normalized spacial score (nSPS) is 20.0. The first-order valence-corrected chi connectivity index (χ1v) is 4.05. The molecule has 1 aliphatic heterocycles. The number of piperazine rings is 1. The third-order valence-corrected chi connectivity index (χ3v) is 1.91. The van der Waals surface area contributed by atoms with E-state index in [-0.39, 0.29) is 0 Å². The summed E-state index contributed by atoms with van der Waals surface area (Å²) in [4.78, 5) is 2.33. The van der Waals surface area contributed by atoms with Crippen molar-refractivity contribution in [2.24, 2.45) is 5.73 Å². The fraction of sp³-hybridized carbons (Fsp3) is 0.857. The van der Waals surface area contributed by atoms with Gasteiger partial charge in [-0.2, -0.15) is 0 Å². The Balaban J connectivity index is 2.09. The summed E-state index contributed by atoms with van der Waals surface area (Å²) in [6.07, 6.45) is 0.708. The van der Waals surface area contributed by atoms with Crippen LogP contribution in [0.2, 0.25) is 0 Å². The molecular formula is C7H16N4. The van der Waals surface area contributed by atoms with E-state index >= 15 is 0 Å². The van der Waals surface area contributed by atoms with E-state index in [0.29, 0.717) is 12.3 Å². The van der Waals surface area contributed by atoms with Gasteiger partial charge >= 0.3 is 0 Å². The van der Waals surface area contributed by atoms with Crippen LogP contribution in [0.15, 0.2) is 0 Å². The molecule has 0 saturated carbocycles. The van der Waals surface area contributed by atoms with Gasteiger partial charge in [0.15, 0.2) is 0 Å². The molecule has 0 unspecified atom stereocenters. The van der Waals surface area contributed by atoms with Gasteiger partial charge in [-0.25, -0.2) is 0 Å². The molecule has 11 heavy (non-hydrogen) atoms. The van der Waals surface area contributed by atoms with Crippen molar-refractivity contribution in [3.05, 3.63) is 0 Å². The number of amidine groups is 1. The van der Waals surface area contributed by atoms with Gasteiger partial charge in [-0.1, -0.05) is 0 Å². The lowest BCUT2D eigenvalue weighted by Crippen LogP contribution is -2.44. The minimum atomic E-state index is 0.295. The zero-order valence-corrected chi connectivity index (χ0v) is 6.77. The highest BCUT2D eigenvalue weighted by molar-refractivity contribution is 5.76. The summed E-state index contributed by atoms with van der Waals surface area (Å²) < 4.78 is 0. The molecule has 4 nitrogen and oxygen atoms in total. The molecule has 0 amide bonds. The highest BCUT2D eigenvalue weighted by Crippen LogP contribution is 1.93. The molecule has 0 aromatic heterocycles. The van der Waals surface area contributed by atoms with E-state index in [2.05, 4.69) is 10.2 Å². The Labute approximate surface area is 67.3 Å².